The Morgan fingerprint density at radius 3 is 1.56 bits per heavy atom. The first kappa shape index (κ1) is 32.9. The van der Waals surface area contributed by atoms with Gasteiger partial charge in [0, 0.05) is 12.8 Å². The van der Waals surface area contributed by atoms with Crippen molar-refractivity contribution in [3.05, 3.63) is 0 Å². The standard InChI is InChI=1S/C29H57NO4/c1-5-6-7-8-9-16-21-26-33-27(31)22-17-12-10-14-19-24-30-25-20-15-11-13-18-23-28(32)34-29(2,3)4/h30H,5-26H2,1-4H3. The summed E-state index contributed by atoms with van der Waals surface area (Å²) < 4.78 is 10.7. The van der Waals surface area contributed by atoms with Crippen molar-refractivity contribution in [1.82, 2.24) is 5.32 Å². The van der Waals surface area contributed by atoms with Crippen LogP contribution in [0.1, 0.15) is 150 Å². The van der Waals surface area contributed by atoms with Crippen LogP contribution in [0.5, 0.6) is 0 Å². The summed E-state index contributed by atoms with van der Waals surface area (Å²) in [5.74, 6) is -0.0922. The van der Waals surface area contributed by atoms with E-state index in [0.717, 1.165) is 45.2 Å². The molecule has 5 nitrogen and oxygen atoms in total. The van der Waals surface area contributed by atoms with E-state index in [0.29, 0.717) is 19.4 Å². The number of carbonyl (C=O) groups is 2. The second kappa shape index (κ2) is 23.6. The van der Waals surface area contributed by atoms with Crippen LogP contribution in [0.25, 0.3) is 0 Å². The van der Waals surface area contributed by atoms with Crippen molar-refractivity contribution < 1.29 is 19.1 Å². The Morgan fingerprint density at radius 2 is 1.03 bits per heavy atom. The zero-order valence-electron chi connectivity index (χ0n) is 23.2. The molecule has 0 heterocycles. The first-order valence-corrected chi connectivity index (χ1v) is 14.4. The van der Waals surface area contributed by atoms with Gasteiger partial charge in [0.15, 0.2) is 0 Å². The van der Waals surface area contributed by atoms with Crippen molar-refractivity contribution >= 4 is 11.9 Å². The maximum atomic E-state index is 11.8. The fourth-order valence-corrected chi connectivity index (χ4v) is 3.93. The molecule has 0 unspecified atom stereocenters. The second-order valence-electron chi connectivity index (χ2n) is 10.7. The average Bonchev–Trinajstić information content (AvgIpc) is 2.77. The molecule has 0 fully saturated rings. The van der Waals surface area contributed by atoms with E-state index in [-0.39, 0.29) is 17.5 Å². The largest absolute Gasteiger partial charge is 0.466 e. The van der Waals surface area contributed by atoms with Gasteiger partial charge in [-0.05, 0) is 66.0 Å². The van der Waals surface area contributed by atoms with Crippen molar-refractivity contribution in [1.29, 1.82) is 0 Å². The van der Waals surface area contributed by atoms with E-state index in [4.69, 9.17) is 9.47 Å². The number of hydrogen-bond acceptors (Lipinski definition) is 5. The molecule has 0 atom stereocenters. The van der Waals surface area contributed by atoms with Gasteiger partial charge in [-0.15, -0.1) is 0 Å². The van der Waals surface area contributed by atoms with Gasteiger partial charge >= 0.3 is 11.9 Å². The Balaban J connectivity index is 3.22. The second-order valence-corrected chi connectivity index (χ2v) is 10.7. The molecule has 0 amide bonds. The van der Waals surface area contributed by atoms with Gasteiger partial charge in [0.05, 0.1) is 6.61 Å². The van der Waals surface area contributed by atoms with Crippen LogP contribution in [0.2, 0.25) is 0 Å². The lowest BCUT2D eigenvalue weighted by Gasteiger charge is -2.19. The van der Waals surface area contributed by atoms with Crippen molar-refractivity contribution in [2.45, 2.75) is 155 Å². The molecule has 0 aliphatic rings. The van der Waals surface area contributed by atoms with Crippen LogP contribution in [0.15, 0.2) is 0 Å². The van der Waals surface area contributed by atoms with E-state index in [1.54, 1.807) is 0 Å². The molecule has 0 rings (SSSR count). The molecule has 0 aromatic heterocycles. The molecule has 5 heteroatoms. The Labute approximate surface area is 211 Å². The van der Waals surface area contributed by atoms with Crippen LogP contribution in [0.3, 0.4) is 0 Å². The first-order chi connectivity index (χ1) is 16.3. The summed E-state index contributed by atoms with van der Waals surface area (Å²) in [5, 5.41) is 3.53. The zero-order chi connectivity index (χ0) is 25.3. The number of nitrogens with one attached hydrogen (secondary N) is 1. The number of unbranched alkanes of at least 4 members (excludes halogenated alkanes) is 14. The first-order valence-electron chi connectivity index (χ1n) is 14.4. The topological polar surface area (TPSA) is 64.6 Å². The van der Waals surface area contributed by atoms with Gasteiger partial charge in [0.2, 0.25) is 0 Å². The van der Waals surface area contributed by atoms with Gasteiger partial charge in [-0.25, -0.2) is 0 Å². The van der Waals surface area contributed by atoms with Gasteiger partial charge in [0.25, 0.3) is 0 Å². The van der Waals surface area contributed by atoms with Gasteiger partial charge in [-0.2, -0.15) is 0 Å². The van der Waals surface area contributed by atoms with Crippen LogP contribution in [-0.4, -0.2) is 37.2 Å². The van der Waals surface area contributed by atoms with Crippen molar-refractivity contribution in [3.8, 4) is 0 Å². The molecule has 0 aromatic carbocycles. The summed E-state index contributed by atoms with van der Waals surface area (Å²) in [7, 11) is 0. The Morgan fingerprint density at radius 1 is 0.588 bits per heavy atom. The SMILES string of the molecule is CCCCCCCCCOC(=O)CCCCCCCNCCCCCCCC(=O)OC(C)(C)C. The number of esters is 2. The summed E-state index contributed by atoms with van der Waals surface area (Å²) in [5.41, 5.74) is -0.372. The van der Waals surface area contributed by atoms with E-state index >= 15 is 0 Å². The van der Waals surface area contributed by atoms with E-state index < -0.39 is 0 Å². The van der Waals surface area contributed by atoms with Crippen molar-refractivity contribution in [3.63, 3.8) is 0 Å². The van der Waals surface area contributed by atoms with Crippen LogP contribution >= 0.6 is 0 Å². The summed E-state index contributed by atoms with van der Waals surface area (Å²) in [6.45, 7) is 10.7. The smallest absolute Gasteiger partial charge is 0.306 e. The lowest BCUT2D eigenvalue weighted by molar-refractivity contribution is -0.155. The molecule has 0 radical (unpaired) electrons. The molecule has 0 saturated heterocycles. The quantitative estimate of drug-likeness (QED) is 0.112. The number of hydrogen-bond donors (Lipinski definition) is 1. The van der Waals surface area contributed by atoms with Gasteiger partial charge in [-0.3, -0.25) is 9.59 Å². The van der Waals surface area contributed by atoms with E-state index in [2.05, 4.69) is 12.2 Å². The number of carbonyl (C=O) groups excluding carboxylic acids is 2. The lowest BCUT2D eigenvalue weighted by atomic mass is 10.1. The maximum Gasteiger partial charge on any atom is 0.306 e. The fourth-order valence-electron chi connectivity index (χ4n) is 3.93. The number of ether oxygens (including phenoxy) is 2. The summed E-state index contributed by atoms with van der Waals surface area (Å²) in [4.78, 5) is 23.4. The monoisotopic (exact) mass is 483 g/mol. The Kier molecular flexibility index (Phi) is 22.9. The van der Waals surface area contributed by atoms with Crippen LogP contribution in [0, 0.1) is 0 Å². The maximum absolute atomic E-state index is 11.8. The Bertz CT molecular complexity index is 473. The van der Waals surface area contributed by atoms with E-state index in [1.165, 1.54) is 77.0 Å². The highest BCUT2D eigenvalue weighted by atomic mass is 16.6. The summed E-state index contributed by atoms with van der Waals surface area (Å²) in [6, 6.07) is 0. The molecule has 0 aromatic rings. The van der Waals surface area contributed by atoms with Gasteiger partial charge in [0.1, 0.15) is 5.60 Å². The minimum absolute atomic E-state index is 0.0162. The van der Waals surface area contributed by atoms with Gasteiger partial charge < -0.3 is 14.8 Å². The highest BCUT2D eigenvalue weighted by Gasteiger charge is 2.15. The summed E-state index contributed by atoms with van der Waals surface area (Å²) >= 11 is 0. The van der Waals surface area contributed by atoms with Crippen LogP contribution in [-0.2, 0) is 19.1 Å². The predicted octanol–water partition coefficient (Wildman–Crippen LogP) is 7.89. The summed E-state index contributed by atoms with van der Waals surface area (Å²) in [6.07, 6.45) is 21.2. The lowest BCUT2D eigenvalue weighted by Crippen LogP contribution is -2.23. The number of rotatable bonds is 24. The van der Waals surface area contributed by atoms with Crippen LogP contribution < -0.4 is 5.32 Å². The highest BCUT2D eigenvalue weighted by Crippen LogP contribution is 2.12. The zero-order valence-corrected chi connectivity index (χ0v) is 23.2. The third-order valence-electron chi connectivity index (χ3n) is 5.90. The third kappa shape index (κ3) is 27.1. The van der Waals surface area contributed by atoms with E-state index in [1.807, 2.05) is 20.8 Å². The minimum atomic E-state index is -0.372. The van der Waals surface area contributed by atoms with Crippen molar-refractivity contribution in [2.75, 3.05) is 19.7 Å². The third-order valence-corrected chi connectivity index (χ3v) is 5.90. The van der Waals surface area contributed by atoms with Gasteiger partial charge in [-0.1, -0.05) is 84.0 Å². The van der Waals surface area contributed by atoms with Crippen molar-refractivity contribution in [2.24, 2.45) is 0 Å². The Hall–Kier alpha value is -1.10. The predicted molar refractivity (Wildman–Crippen MR) is 143 cm³/mol. The molecule has 202 valence electrons. The molecule has 1 N–H and O–H groups in total. The minimum Gasteiger partial charge on any atom is -0.466 e. The molecule has 0 aliphatic heterocycles. The normalized spacial score (nSPS) is 11.5. The molecule has 34 heavy (non-hydrogen) atoms. The fraction of sp³-hybridized carbons (Fsp3) is 0.931. The highest BCUT2D eigenvalue weighted by molar-refractivity contribution is 5.69. The molecular weight excluding hydrogens is 426 g/mol. The van der Waals surface area contributed by atoms with Crippen LogP contribution in [0.4, 0.5) is 0 Å². The molecule has 0 bridgehead atoms. The molecule has 0 saturated carbocycles. The molecule has 0 aliphatic carbocycles. The van der Waals surface area contributed by atoms with E-state index in [9.17, 15) is 9.59 Å². The molecule has 0 spiro atoms. The molecular formula is C29H57NO4. The average molecular weight is 484 g/mol.